The van der Waals surface area contributed by atoms with Gasteiger partial charge in [0.15, 0.2) is 5.13 Å². The fourth-order valence-electron chi connectivity index (χ4n) is 4.98. The Morgan fingerprint density at radius 1 is 1.03 bits per heavy atom. The summed E-state index contributed by atoms with van der Waals surface area (Å²) in [6.45, 7) is 1.97. The van der Waals surface area contributed by atoms with Gasteiger partial charge in [0, 0.05) is 12.0 Å². The lowest BCUT2D eigenvalue weighted by Crippen LogP contribution is -2.29. The number of rotatable bonds is 5. The molecule has 8 nitrogen and oxygen atoms in total. The lowest BCUT2D eigenvalue weighted by molar-refractivity contribution is -0.132. The number of aromatic nitrogens is 1. The van der Waals surface area contributed by atoms with Crippen LogP contribution in [0.15, 0.2) is 66.2 Å². The first-order valence-corrected chi connectivity index (χ1v) is 12.9. The van der Waals surface area contributed by atoms with Gasteiger partial charge in [0.25, 0.3) is 5.78 Å². The van der Waals surface area contributed by atoms with E-state index in [0.29, 0.717) is 39.7 Å². The monoisotopic (exact) mass is 528 g/mol. The van der Waals surface area contributed by atoms with Crippen LogP contribution >= 0.6 is 11.3 Å². The molecule has 9 heteroatoms. The molecular formula is C29H24N2O6S. The van der Waals surface area contributed by atoms with Crippen molar-refractivity contribution in [2.24, 2.45) is 0 Å². The number of anilines is 1. The summed E-state index contributed by atoms with van der Waals surface area (Å²) in [5.74, 6) is 0.284. The number of methoxy groups -OCH3 is 2. The van der Waals surface area contributed by atoms with Crippen LogP contribution in [0.4, 0.5) is 5.13 Å². The van der Waals surface area contributed by atoms with Crippen LogP contribution in [0.2, 0.25) is 0 Å². The molecule has 0 radical (unpaired) electrons. The zero-order valence-corrected chi connectivity index (χ0v) is 21.7. The molecule has 1 N–H and O–H groups in total. The molecule has 192 valence electrons. The molecule has 0 saturated carbocycles. The van der Waals surface area contributed by atoms with Crippen molar-refractivity contribution in [3.05, 3.63) is 82.9 Å². The third-order valence-electron chi connectivity index (χ3n) is 6.84. The maximum absolute atomic E-state index is 13.5. The number of carbonyl (C=O) groups excluding carboxylic acids is 2. The highest BCUT2D eigenvalue weighted by molar-refractivity contribution is 7.22. The first-order chi connectivity index (χ1) is 18.4. The Morgan fingerprint density at radius 3 is 2.50 bits per heavy atom. The molecule has 38 heavy (non-hydrogen) atoms. The Morgan fingerprint density at radius 2 is 1.76 bits per heavy atom. The number of fused-ring (bicyclic) bond motifs is 2. The number of nitrogens with zero attached hydrogens (tertiary/aromatic N) is 2. The van der Waals surface area contributed by atoms with Crippen molar-refractivity contribution < 1.29 is 28.9 Å². The van der Waals surface area contributed by atoms with Crippen molar-refractivity contribution in [2.75, 3.05) is 19.1 Å². The van der Waals surface area contributed by atoms with Crippen molar-refractivity contribution in [1.29, 1.82) is 0 Å². The van der Waals surface area contributed by atoms with E-state index < -0.39 is 17.7 Å². The van der Waals surface area contributed by atoms with E-state index in [0.717, 1.165) is 16.0 Å². The maximum Gasteiger partial charge on any atom is 0.301 e. The number of amides is 1. The van der Waals surface area contributed by atoms with Gasteiger partial charge in [-0.2, -0.15) is 0 Å². The van der Waals surface area contributed by atoms with Crippen molar-refractivity contribution in [1.82, 2.24) is 4.98 Å². The van der Waals surface area contributed by atoms with E-state index in [-0.39, 0.29) is 17.4 Å². The van der Waals surface area contributed by atoms with Gasteiger partial charge < -0.3 is 19.3 Å². The van der Waals surface area contributed by atoms with Gasteiger partial charge in [-0.3, -0.25) is 14.5 Å². The van der Waals surface area contributed by atoms with Gasteiger partial charge in [-0.25, -0.2) is 4.98 Å². The SMILES string of the molecule is COc1ccc([C@H]2C(=C(O)c3ccc4c(c3)C[C@H](C)O4)C(=O)C(=O)N2c2nc3ccc(OC)cc3s2)cc1. The molecule has 2 atom stereocenters. The van der Waals surface area contributed by atoms with E-state index in [1.54, 1.807) is 62.8 Å². The van der Waals surface area contributed by atoms with E-state index in [9.17, 15) is 14.7 Å². The van der Waals surface area contributed by atoms with Crippen LogP contribution in [-0.2, 0) is 16.0 Å². The van der Waals surface area contributed by atoms with Crippen LogP contribution < -0.4 is 19.1 Å². The zero-order valence-electron chi connectivity index (χ0n) is 20.9. The molecule has 1 aromatic heterocycles. The Hall–Kier alpha value is -4.37. The summed E-state index contributed by atoms with van der Waals surface area (Å²) in [7, 11) is 3.14. The third-order valence-corrected chi connectivity index (χ3v) is 7.85. The van der Waals surface area contributed by atoms with Crippen LogP contribution in [0, 0.1) is 0 Å². The van der Waals surface area contributed by atoms with Gasteiger partial charge in [-0.15, -0.1) is 0 Å². The molecule has 2 aliphatic rings. The Bertz CT molecular complexity index is 1620. The van der Waals surface area contributed by atoms with E-state index in [2.05, 4.69) is 4.98 Å². The van der Waals surface area contributed by atoms with E-state index in [1.807, 2.05) is 19.1 Å². The van der Waals surface area contributed by atoms with Crippen molar-refractivity contribution >= 4 is 44.1 Å². The molecule has 1 fully saturated rings. The molecule has 2 aliphatic heterocycles. The number of benzene rings is 3. The molecule has 1 saturated heterocycles. The highest BCUT2D eigenvalue weighted by atomic mass is 32.1. The number of aliphatic hydroxyl groups excluding tert-OH is 1. The summed E-state index contributed by atoms with van der Waals surface area (Å²) < 4.78 is 17.2. The van der Waals surface area contributed by atoms with Crippen molar-refractivity contribution in [2.45, 2.75) is 25.5 Å². The van der Waals surface area contributed by atoms with Crippen LogP contribution in [0.3, 0.4) is 0 Å². The minimum absolute atomic E-state index is 0.00363. The van der Waals surface area contributed by atoms with Gasteiger partial charge >= 0.3 is 5.91 Å². The fourth-order valence-corrected chi connectivity index (χ4v) is 6.00. The molecule has 0 spiro atoms. The summed E-state index contributed by atoms with van der Waals surface area (Å²) in [5, 5.41) is 11.8. The Kier molecular flexibility index (Phi) is 5.80. The van der Waals surface area contributed by atoms with E-state index in [4.69, 9.17) is 14.2 Å². The second-order valence-corrected chi connectivity index (χ2v) is 10.2. The smallest absolute Gasteiger partial charge is 0.301 e. The summed E-state index contributed by atoms with van der Waals surface area (Å²) in [5.41, 5.74) is 2.71. The number of ether oxygens (including phenoxy) is 3. The molecule has 4 aromatic rings. The number of carbonyl (C=O) groups is 2. The second-order valence-electron chi connectivity index (χ2n) is 9.23. The molecule has 3 heterocycles. The highest BCUT2D eigenvalue weighted by Crippen LogP contribution is 2.45. The average molecular weight is 529 g/mol. The second kappa shape index (κ2) is 9.18. The van der Waals surface area contributed by atoms with E-state index >= 15 is 0 Å². The van der Waals surface area contributed by atoms with Gasteiger partial charge in [0.2, 0.25) is 0 Å². The number of aliphatic hydroxyl groups is 1. The molecule has 0 unspecified atom stereocenters. The lowest BCUT2D eigenvalue weighted by atomic mass is 9.94. The molecule has 0 aliphatic carbocycles. The summed E-state index contributed by atoms with van der Waals surface area (Å²) in [6.07, 6.45) is 0.729. The number of thiazole rings is 1. The highest BCUT2D eigenvalue weighted by Gasteiger charge is 2.48. The van der Waals surface area contributed by atoms with Gasteiger partial charge in [-0.1, -0.05) is 23.5 Å². The molecule has 3 aromatic carbocycles. The third kappa shape index (κ3) is 3.86. The first kappa shape index (κ1) is 24.0. The van der Waals surface area contributed by atoms with Gasteiger partial charge in [-0.05, 0) is 66.6 Å². The number of hydrogen-bond donors (Lipinski definition) is 1. The average Bonchev–Trinajstić information content (AvgIpc) is 3.60. The topological polar surface area (TPSA) is 98.2 Å². The van der Waals surface area contributed by atoms with Crippen LogP contribution in [-0.4, -0.2) is 42.1 Å². The van der Waals surface area contributed by atoms with Gasteiger partial charge in [0.05, 0.1) is 36.1 Å². The minimum atomic E-state index is -0.883. The standard InChI is InChI=1S/C29H24N2O6S/c1-15-12-18-13-17(6-11-22(18)37-15)26(32)24-25(16-4-7-19(35-2)8-5-16)31(28(34)27(24)33)29-30-21-10-9-20(36-3)14-23(21)38-29/h4-11,13-15,25,32H,12H2,1-3H3/t15-,25-/m0/s1. The number of hydrogen-bond acceptors (Lipinski definition) is 8. The predicted molar refractivity (Wildman–Crippen MR) is 144 cm³/mol. The summed E-state index contributed by atoms with van der Waals surface area (Å²) in [4.78, 5) is 33.1. The quantitative estimate of drug-likeness (QED) is 0.214. The Labute approximate surface area is 222 Å². The fraction of sp³-hybridized carbons (Fsp3) is 0.207. The number of ketones is 1. The minimum Gasteiger partial charge on any atom is -0.507 e. The van der Waals surface area contributed by atoms with Crippen LogP contribution in [0.1, 0.15) is 29.7 Å². The normalized spacial score (nSPS) is 20.0. The summed E-state index contributed by atoms with van der Waals surface area (Å²) >= 11 is 1.28. The summed E-state index contributed by atoms with van der Waals surface area (Å²) in [6, 6.07) is 16.9. The lowest BCUT2D eigenvalue weighted by Gasteiger charge is -2.23. The van der Waals surface area contributed by atoms with Crippen LogP contribution in [0.25, 0.3) is 16.0 Å². The van der Waals surface area contributed by atoms with Crippen LogP contribution in [0.5, 0.6) is 17.2 Å². The van der Waals surface area contributed by atoms with E-state index in [1.165, 1.54) is 16.2 Å². The molecular weight excluding hydrogens is 504 g/mol. The van der Waals surface area contributed by atoms with Crippen molar-refractivity contribution in [3.63, 3.8) is 0 Å². The first-order valence-electron chi connectivity index (χ1n) is 12.1. The largest absolute Gasteiger partial charge is 0.507 e. The number of Topliss-reactive ketones (excluding diaryl/α,β-unsaturated/α-hetero) is 1. The Balaban J connectivity index is 1.52. The van der Waals surface area contributed by atoms with Crippen molar-refractivity contribution in [3.8, 4) is 17.2 Å². The maximum atomic E-state index is 13.5. The zero-order chi connectivity index (χ0) is 26.6. The molecule has 0 bridgehead atoms. The van der Waals surface area contributed by atoms with Gasteiger partial charge in [0.1, 0.15) is 29.1 Å². The predicted octanol–water partition coefficient (Wildman–Crippen LogP) is 5.26. The molecule has 1 amide bonds. The molecule has 6 rings (SSSR count).